The smallest absolute Gasteiger partial charge is 0.310 e. The number of hydrogen-bond acceptors (Lipinski definition) is 3. The van der Waals surface area contributed by atoms with E-state index in [4.69, 9.17) is 5.11 Å². The first kappa shape index (κ1) is 11.9. The minimum absolute atomic E-state index is 0.503. The van der Waals surface area contributed by atoms with E-state index in [1.165, 1.54) is 0 Å². The molecule has 0 amide bonds. The molecule has 0 aromatic carbocycles. The molecule has 0 aromatic rings. The molecular formula is C10H19NO2S. The topological polar surface area (TPSA) is 40.5 Å². The average molecular weight is 217 g/mol. The summed E-state index contributed by atoms with van der Waals surface area (Å²) in [5.41, 5.74) is -0.503. The second-order valence-electron chi connectivity index (χ2n) is 4.09. The monoisotopic (exact) mass is 217 g/mol. The fraction of sp³-hybridized carbons (Fsp3) is 0.900. The molecule has 1 unspecified atom stereocenters. The first-order valence-electron chi connectivity index (χ1n) is 5.12. The molecule has 0 aliphatic carbocycles. The van der Waals surface area contributed by atoms with Crippen LogP contribution in [0, 0.1) is 5.41 Å². The molecule has 1 aliphatic heterocycles. The largest absolute Gasteiger partial charge is 0.481 e. The molecule has 1 rings (SSSR count). The first-order valence-corrected chi connectivity index (χ1v) is 6.27. The highest BCUT2D eigenvalue weighted by Crippen LogP contribution is 2.29. The first-order chi connectivity index (χ1) is 6.58. The predicted molar refractivity (Wildman–Crippen MR) is 59.8 cm³/mol. The Balaban J connectivity index is 2.30. The van der Waals surface area contributed by atoms with Crippen molar-refractivity contribution in [3.63, 3.8) is 0 Å². The number of rotatable bonds is 5. The molecule has 0 radical (unpaired) electrons. The normalized spacial score (nSPS) is 28.1. The van der Waals surface area contributed by atoms with Crippen LogP contribution in [0.4, 0.5) is 0 Å². The highest BCUT2D eigenvalue weighted by Gasteiger charge is 2.39. The second kappa shape index (κ2) is 5.03. The molecule has 1 fully saturated rings. The summed E-state index contributed by atoms with van der Waals surface area (Å²) in [6, 6.07) is 0. The van der Waals surface area contributed by atoms with E-state index in [9.17, 15) is 4.79 Å². The Bertz CT molecular complexity index is 210. The van der Waals surface area contributed by atoms with Gasteiger partial charge in [-0.05, 0) is 25.6 Å². The molecule has 0 spiro atoms. The summed E-state index contributed by atoms with van der Waals surface area (Å²) >= 11 is 1.91. The van der Waals surface area contributed by atoms with E-state index in [1.54, 1.807) is 0 Å². The third kappa shape index (κ3) is 2.89. The van der Waals surface area contributed by atoms with E-state index in [0.717, 1.165) is 31.0 Å². The summed E-state index contributed by atoms with van der Waals surface area (Å²) in [6.45, 7) is 6.68. The SMILES string of the molecule is CCSCCN1CCC(C)(C(=O)O)C1. The minimum Gasteiger partial charge on any atom is -0.481 e. The Labute approximate surface area is 89.9 Å². The van der Waals surface area contributed by atoms with Crippen LogP contribution in [0.3, 0.4) is 0 Å². The van der Waals surface area contributed by atoms with E-state index < -0.39 is 11.4 Å². The van der Waals surface area contributed by atoms with Crippen LogP contribution in [-0.2, 0) is 4.79 Å². The molecule has 0 aromatic heterocycles. The van der Waals surface area contributed by atoms with Gasteiger partial charge in [-0.1, -0.05) is 6.92 Å². The van der Waals surface area contributed by atoms with Gasteiger partial charge in [-0.3, -0.25) is 4.79 Å². The molecule has 1 N–H and O–H groups in total. The van der Waals surface area contributed by atoms with Crippen molar-refractivity contribution in [2.75, 3.05) is 31.1 Å². The average Bonchev–Trinajstić information content (AvgIpc) is 2.50. The van der Waals surface area contributed by atoms with Gasteiger partial charge in [-0.25, -0.2) is 0 Å². The number of hydrogen-bond donors (Lipinski definition) is 1. The van der Waals surface area contributed by atoms with Gasteiger partial charge in [0, 0.05) is 18.8 Å². The third-order valence-electron chi connectivity index (χ3n) is 2.82. The standard InChI is InChI=1S/C10H19NO2S/c1-3-14-7-6-11-5-4-10(2,8-11)9(12)13/h3-8H2,1-2H3,(H,12,13). The zero-order valence-electron chi connectivity index (χ0n) is 8.95. The Morgan fingerprint density at radius 2 is 2.36 bits per heavy atom. The van der Waals surface area contributed by atoms with Crippen LogP contribution < -0.4 is 0 Å². The number of aliphatic carboxylic acids is 1. The van der Waals surface area contributed by atoms with Crippen molar-refractivity contribution in [2.24, 2.45) is 5.41 Å². The van der Waals surface area contributed by atoms with Crippen molar-refractivity contribution in [1.82, 2.24) is 4.90 Å². The molecule has 1 aliphatic rings. The summed E-state index contributed by atoms with van der Waals surface area (Å²) in [6.07, 6.45) is 0.791. The summed E-state index contributed by atoms with van der Waals surface area (Å²) in [5, 5.41) is 9.03. The number of carboxylic acids is 1. The van der Waals surface area contributed by atoms with Gasteiger partial charge >= 0.3 is 5.97 Å². The maximum atomic E-state index is 11.0. The molecule has 4 heteroatoms. The van der Waals surface area contributed by atoms with Crippen molar-refractivity contribution in [1.29, 1.82) is 0 Å². The quantitative estimate of drug-likeness (QED) is 0.709. The van der Waals surface area contributed by atoms with Gasteiger partial charge in [0.2, 0.25) is 0 Å². The Hall–Kier alpha value is -0.220. The van der Waals surface area contributed by atoms with Crippen LogP contribution >= 0.6 is 11.8 Å². The van der Waals surface area contributed by atoms with Crippen LogP contribution in [0.2, 0.25) is 0 Å². The highest BCUT2D eigenvalue weighted by molar-refractivity contribution is 7.99. The molecule has 3 nitrogen and oxygen atoms in total. The van der Waals surface area contributed by atoms with Gasteiger partial charge < -0.3 is 10.0 Å². The lowest BCUT2D eigenvalue weighted by Gasteiger charge is -2.19. The van der Waals surface area contributed by atoms with Gasteiger partial charge in [0.1, 0.15) is 0 Å². The highest BCUT2D eigenvalue weighted by atomic mass is 32.2. The van der Waals surface area contributed by atoms with Crippen LogP contribution in [0.25, 0.3) is 0 Å². The van der Waals surface area contributed by atoms with E-state index in [0.29, 0.717) is 6.54 Å². The summed E-state index contributed by atoms with van der Waals surface area (Å²) in [4.78, 5) is 13.2. The third-order valence-corrected chi connectivity index (χ3v) is 3.70. The summed E-state index contributed by atoms with van der Waals surface area (Å²) < 4.78 is 0. The summed E-state index contributed by atoms with van der Waals surface area (Å²) in [7, 11) is 0. The zero-order chi connectivity index (χ0) is 10.6. The van der Waals surface area contributed by atoms with E-state index in [1.807, 2.05) is 18.7 Å². The molecule has 1 saturated heterocycles. The van der Waals surface area contributed by atoms with Crippen molar-refractivity contribution in [2.45, 2.75) is 20.3 Å². The van der Waals surface area contributed by atoms with Crippen molar-refractivity contribution in [3.05, 3.63) is 0 Å². The molecule has 14 heavy (non-hydrogen) atoms. The Morgan fingerprint density at radius 1 is 1.64 bits per heavy atom. The van der Waals surface area contributed by atoms with Gasteiger partial charge in [-0.2, -0.15) is 11.8 Å². The zero-order valence-corrected chi connectivity index (χ0v) is 9.77. The van der Waals surface area contributed by atoms with E-state index in [-0.39, 0.29) is 0 Å². The fourth-order valence-corrected chi connectivity index (χ4v) is 2.44. The Morgan fingerprint density at radius 3 is 2.86 bits per heavy atom. The molecule has 1 heterocycles. The fourth-order valence-electron chi connectivity index (χ4n) is 1.76. The summed E-state index contributed by atoms with van der Waals surface area (Å²) in [5.74, 6) is 1.61. The predicted octanol–water partition coefficient (Wildman–Crippen LogP) is 1.54. The number of likely N-dealkylation sites (tertiary alicyclic amines) is 1. The lowest BCUT2D eigenvalue weighted by Crippen LogP contribution is -2.32. The number of thioether (sulfide) groups is 1. The van der Waals surface area contributed by atoms with Crippen LogP contribution in [0.5, 0.6) is 0 Å². The lowest BCUT2D eigenvalue weighted by molar-refractivity contribution is -0.147. The number of nitrogens with zero attached hydrogens (tertiary/aromatic N) is 1. The van der Waals surface area contributed by atoms with Gasteiger partial charge in [0.25, 0.3) is 0 Å². The molecular weight excluding hydrogens is 198 g/mol. The van der Waals surface area contributed by atoms with E-state index in [2.05, 4.69) is 11.8 Å². The van der Waals surface area contributed by atoms with Crippen LogP contribution in [0.1, 0.15) is 20.3 Å². The molecule has 0 bridgehead atoms. The Kier molecular flexibility index (Phi) is 4.26. The van der Waals surface area contributed by atoms with Crippen LogP contribution in [0.15, 0.2) is 0 Å². The maximum Gasteiger partial charge on any atom is 0.310 e. The molecule has 1 atom stereocenters. The minimum atomic E-state index is -0.650. The van der Waals surface area contributed by atoms with Crippen molar-refractivity contribution in [3.8, 4) is 0 Å². The lowest BCUT2D eigenvalue weighted by atomic mass is 9.90. The van der Waals surface area contributed by atoms with Crippen LogP contribution in [-0.4, -0.2) is 47.1 Å². The molecule has 0 saturated carbocycles. The number of carbonyl (C=O) groups is 1. The second-order valence-corrected chi connectivity index (χ2v) is 5.48. The van der Waals surface area contributed by atoms with Gasteiger partial charge in [0.15, 0.2) is 0 Å². The number of carboxylic acid groups (broad SMARTS) is 1. The van der Waals surface area contributed by atoms with Gasteiger partial charge in [-0.15, -0.1) is 0 Å². The van der Waals surface area contributed by atoms with Gasteiger partial charge in [0.05, 0.1) is 5.41 Å². The van der Waals surface area contributed by atoms with Crippen molar-refractivity contribution < 1.29 is 9.90 Å². The van der Waals surface area contributed by atoms with Crippen molar-refractivity contribution >= 4 is 17.7 Å². The maximum absolute atomic E-state index is 11.0. The molecule has 82 valence electrons. The van der Waals surface area contributed by atoms with E-state index >= 15 is 0 Å².